The van der Waals surface area contributed by atoms with Gasteiger partial charge in [-0.05, 0) is 83.5 Å². The molecule has 3 N–H and O–H groups in total. The number of hydrogen-bond donors (Lipinski definition) is 3. The Kier molecular flexibility index (Phi) is 53.8. The first kappa shape index (κ1) is 62.6. The molecule has 0 aromatic carbocycles. The van der Waals surface area contributed by atoms with E-state index in [2.05, 4.69) is 92.1 Å². The molecular formula is C61H109NO3. The number of carbonyl (C=O) groups is 1. The first-order valence-electron chi connectivity index (χ1n) is 28.3. The molecule has 0 aliphatic carbocycles. The van der Waals surface area contributed by atoms with Crippen LogP contribution in [0.4, 0.5) is 0 Å². The van der Waals surface area contributed by atoms with Crippen molar-refractivity contribution in [3.8, 4) is 0 Å². The van der Waals surface area contributed by atoms with Crippen molar-refractivity contribution in [1.82, 2.24) is 5.32 Å². The van der Waals surface area contributed by atoms with E-state index in [1.54, 1.807) is 6.08 Å². The highest BCUT2D eigenvalue weighted by Crippen LogP contribution is 2.16. The van der Waals surface area contributed by atoms with Gasteiger partial charge in [0.15, 0.2) is 0 Å². The van der Waals surface area contributed by atoms with E-state index in [1.165, 1.54) is 193 Å². The molecule has 0 saturated carbocycles. The largest absolute Gasteiger partial charge is 0.394 e. The molecule has 2 unspecified atom stereocenters. The van der Waals surface area contributed by atoms with Crippen LogP contribution in [0.25, 0.3) is 0 Å². The third kappa shape index (κ3) is 52.4. The van der Waals surface area contributed by atoms with Crippen LogP contribution >= 0.6 is 0 Å². The Morgan fingerprint density at radius 2 is 0.692 bits per heavy atom. The van der Waals surface area contributed by atoms with E-state index in [1.807, 2.05) is 6.08 Å². The molecular weight excluding hydrogens is 795 g/mol. The predicted molar refractivity (Wildman–Crippen MR) is 290 cm³/mol. The zero-order chi connectivity index (χ0) is 47.0. The van der Waals surface area contributed by atoms with Crippen molar-refractivity contribution in [1.29, 1.82) is 0 Å². The Hall–Kier alpha value is -2.43. The van der Waals surface area contributed by atoms with Crippen molar-refractivity contribution in [2.75, 3.05) is 6.61 Å². The zero-order valence-corrected chi connectivity index (χ0v) is 43.2. The van der Waals surface area contributed by atoms with Crippen LogP contribution in [0.5, 0.6) is 0 Å². The second-order valence-electron chi connectivity index (χ2n) is 19.0. The lowest BCUT2D eigenvalue weighted by atomic mass is 10.0. The molecule has 376 valence electrons. The summed E-state index contributed by atoms with van der Waals surface area (Å²) in [6, 6.07) is -0.649. The normalized spacial score (nSPS) is 13.5. The van der Waals surface area contributed by atoms with Gasteiger partial charge < -0.3 is 15.5 Å². The van der Waals surface area contributed by atoms with Gasteiger partial charge in [-0.3, -0.25) is 4.79 Å². The molecule has 2 atom stereocenters. The van der Waals surface area contributed by atoms with E-state index in [0.717, 1.165) is 64.2 Å². The van der Waals surface area contributed by atoms with Crippen LogP contribution in [0.15, 0.2) is 85.1 Å². The lowest BCUT2D eigenvalue weighted by Gasteiger charge is -2.19. The van der Waals surface area contributed by atoms with Gasteiger partial charge in [0, 0.05) is 6.42 Å². The highest BCUT2D eigenvalue weighted by molar-refractivity contribution is 5.76. The van der Waals surface area contributed by atoms with E-state index < -0.39 is 12.1 Å². The van der Waals surface area contributed by atoms with E-state index in [-0.39, 0.29) is 12.5 Å². The Morgan fingerprint density at radius 1 is 0.385 bits per heavy atom. The molecule has 0 spiro atoms. The molecule has 0 heterocycles. The van der Waals surface area contributed by atoms with Crippen molar-refractivity contribution in [3.05, 3.63) is 85.1 Å². The van der Waals surface area contributed by atoms with Gasteiger partial charge >= 0.3 is 0 Å². The molecule has 0 fully saturated rings. The van der Waals surface area contributed by atoms with Crippen LogP contribution in [0, 0.1) is 0 Å². The molecule has 4 nitrogen and oxygen atoms in total. The van der Waals surface area contributed by atoms with Crippen molar-refractivity contribution in [2.45, 2.75) is 289 Å². The summed E-state index contributed by atoms with van der Waals surface area (Å²) in [6.45, 7) is 4.20. The highest BCUT2D eigenvalue weighted by atomic mass is 16.3. The quantitative estimate of drug-likeness (QED) is 0.0421. The average Bonchev–Trinajstić information content (AvgIpc) is 3.31. The average molecular weight is 905 g/mol. The number of allylic oxidation sites excluding steroid dienone is 13. The maximum Gasteiger partial charge on any atom is 0.220 e. The molecule has 4 heteroatoms. The molecule has 0 saturated heterocycles. The fraction of sp³-hybridized carbons (Fsp3) is 0.754. The number of amides is 1. The SMILES string of the molecule is CC/C=C\C/C=C\C/C=C\C/C=C\CCCCCCCCCCCCCCCCCCCCC(=O)NC(CO)C(O)/C=C/CC/C=C/CC/C=C/CCCCCCCCCCCCCC. The van der Waals surface area contributed by atoms with Gasteiger partial charge in [0.25, 0.3) is 0 Å². The topological polar surface area (TPSA) is 69.6 Å². The molecule has 0 aliphatic heterocycles. The number of rotatable bonds is 51. The number of unbranched alkanes of at least 4 members (excludes halogenated alkanes) is 32. The van der Waals surface area contributed by atoms with Crippen LogP contribution in [-0.2, 0) is 4.79 Å². The van der Waals surface area contributed by atoms with E-state index in [0.29, 0.717) is 6.42 Å². The van der Waals surface area contributed by atoms with Crippen molar-refractivity contribution in [2.24, 2.45) is 0 Å². The third-order valence-corrected chi connectivity index (χ3v) is 12.6. The summed E-state index contributed by atoms with van der Waals surface area (Å²) in [5, 5.41) is 23.1. The molecule has 1 amide bonds. The summed E-state index contributed by atoms with van der Waals surface area (Å²) in [5.41, 5.74) is 0. The maximum atomic E-state index is 12.5. The Labute approximate surface area is 405 Å². The Morgan fingerprint density at radius 3 is 1.08 bits per heavy atom. The van der Waals surface area contributed by atoms with Gasteiger partial charge in [0.05, 0.1) is 18.8 Å². The Bertz CT molecular complexity index is 1160. The van der Waals surface area contributed by atoms with Gasteiger partial charge in [-0.25, -0.2) is 0 Å². The number of aliphatic hydroxyl groups excluding tert-OH is 2. The van der Waals surface area contributed by atoms with Gasteiger partial charge in [-0.2, -0.15) is 0 Å². The summed E-state index contributed by atoms with van der Waals surface area (Å²) in [4.78, 5) is 12.5. The minimum Gasteiger partial charge on any atom is -0.394 e. The second-order valence-corrected chi connectivity index (χ2v) is 19.0. The zero-order valence-electron chi connectivity index (χ0n) is 43.2. The predicted octanol–water partition coefficient (Wildman–Crippen LogP) is 18.8. The van der Waals surface area contributed by atoms with Crippen molar-refractivity contribution >= 4 is 5.91 Å². The van der Waals surface area contributed by atoms with Crippen LogP contribution < -0.4 is 5.32 Å². The fourth-order valence-electron chi connectivity index (χ4n) is 8.32. The summed E-state index contributed by atoms with van der Waals surface area (Å²) >= 11 is 0. The van der Waals surface area contributed by atoms with Crippen LogP contribution in [0.3, 0.4) is 0 Å². The van der Waals surface area contributed by atoms with Crippen LogP contribution in [0.2, 0.25) is 0 Å². The summed E-state index contributed by atoms with van der Waals surface area (Å²) in [5.74, 6) is -0.0771. The first-order chi connectivity index (χ1) is 32.2. The summed E-state index contributed by atoms with van der Waals surface area (Å²) in [7, 11) is 0. The van der Waals surface area contributed by atoms with E-state index in [9.17, 15) is 15.0 Å². The smallest absolute Gasteiger partial charge is 0.220 e. The number of carbonyl (C=O) groups excluding carboxylic acids is 1. The van der Waals surface area contributed by atoms with E-state index >= 15 is 0 Å². The lowest BCUT2D eigenvalue weighted by Crippen LogP contribution is -2.45. The third-order valence-electron chi connectivity index (χ3n) is 12.6. The number of hydrogen-bond acceptors (Lipinski definition) is 3. The van der Waals surface area contributed by atoms with E-state index in [4.69, 9.17) is 0 Å². The van der Waals surface area contributed by atoms with Gasteiger partial charge in [0.1, 0.15) is 0 Å². The molecule has 0 rings (SSSR count). The monoisotopic (exact) mass is 904 g/mol. The number of aliphatic hydroxyl groups is 2. The molecule has 0 aliphatic rings. The van der Waals surface area contributed by atoms with Crippen LogP contribution in [0.1, 0.15) is 277 Å². The van der Waals surface area contributed by atoms with Crippen molar-refractivity contribution in [3.63, 3.8) is 0 Å². The molecule has 0 radical (unpaired) electrons. The van der Waals surface area contributed by atoms with Gasteiger partial charge in [-0.15, -0.1) is 0 Å². The van der Waals surface area contributed by atoms with Gasteiger partial charge in [0.2, 0.25) is 5.91 Å². The van der Waals surface area contributed by atoms with Gasteiger partial charge in [-0.1, -0.05) is 272 Å². The molecule has 65 heavy (non-hydrogen) atoms. The fourth-order valence-corrected chi connectivity index (χ4v) is 8.32. The molecule has 0 aromatic rings. The van der Waals surface area contributed by atoms with Crippen LogP contribution in [-0.4, -0.2) is 34.9 Å². The summed E-state index contributed by atoms with van der Waals surface area (Å²) < 4.78 is 0. The first-order valence-corrected chi connectivity index (χ1v) is 28.3. The van der Waals surface area contributed by atoms with Crippen molar-refractivity contribution < 1.29 is 15.0 Å². The lowest BCUT2D eigenvalue weighted by molar-refractivity contribution is -0.123. The summed E-state index contributed by atoms with van der Waals surface area (Å²) in [6.07, 6.45) is 81.8. The standard InChI is InChI=1S/C61H109NO3/c1-3-5-7-9-11-13-15-17-19-21-23-25-27-28-29-30-31-32-33-34-35-37-39-41-43-45-47-49-51-53-55-57-61(65)62-59(58-63)60(64)56-54-52-50-48-46-44-42-40-38-36-26-24-22-20-18-16-14-12-10-8-6-4-2/h5,7,11,13,17,19,23,25,38,40,46,48,54,56,59-60,63-64H,3-4,6,8-10,12,14-16,18,20-22,24,26-37,39,41-45,47,49-53,55,57-58H2,1-2H3,(H,62,65)/b7-5-,13-11-,19-17-,25-23-,40-38+,48-46+,56-54+. The Balaban J connectivity index is 3.54. The minimum atomic E-state index is -0.874. The molecule has 0 bridgehead atoms. The molecule has 0 aromatic heterocycles. The number of nitrogens with one attached hydrogen (secondary N) is 1. The highest BCUT2D eigenvalue weighted by Gasteiger charge is 2.18. The minimum absolute atomic E-state index is 0.0771. The maximum absolute atomic E-state index is 12.5. The second kappa shape index (κ2) is 55.9.